The van der Waals surface area contributed by atoms with Gasteiger partial charge >= 0.3 is 18.2 Å². The fourth-order valence-corrected chi connectivity index (χ4v) is 7.19. The van der Waals surface area contributed by atoms with Gasteiger partial charge in [0, 0.05) is 12.1 Å². The topological polar surface area (TPSA) is 125 Å². The second-order valence-corrected chi connectivity index (χ2v) is 16.1. The van der Waals surface area contributed by atoms with Crippen LogP contribution in [0.4, 0.5) is 23.7 Å². The lowest BCUT2D eigenvalue weighted by Gasteiger charge is -2.51. The molecule has 50 heavy (non-hydrogen) atoms. The Balaban J connectivity index is 2.02. The van der Waals surface area contributed by atoms with Crippen LogP contribution in [0.3, 0.4) is 0 Å². The number of hydrogen-bond donors (Lipinski definition) is 2. The number of carbonyl (C=O) groups excluding carboxylic acids is 3. The first-order valence-corrected chi connectivity index (χ1v) is 19.0. The number of esters is 1. The van der Waals surface area contributed by atoms with E-state index in [-0.39, 0.29) is 18.7 Å². The molecule has 0 bridgehead atoms. The molecule has 10 nitrogen and oxygen atoms in total. The summed E-state index contributed by atoms with van der Waals surface area (Å²) in [5.74, 6) is -4.29. The van der Waals surface area contributed by atoms with Gasteiger partial charge in [0.1, 0.15) is 30.5 Å². The number of rotatable bonds is 13. The van der Waals surface area contributed by atoms with Gasteiger partial charge in [0.2, 0.25) is 5.91 Å². The standard InChI is InChI=1S/C36H46F3N3O7Si/c1-23(2)35(49-50(7)8,32(34(3,4)5)36(37,38)39)41-29(43)21-42-20-26(18-24-14-16-27(17-15-24)31(45)47-6)19-28(30(42)44)40-33(46)48-22-25-12-10-9-11-13-25/h9-17,19-20,23,32,50H,18,21-22H2,1-8H3,(H,40,46)(H,41,43). The molecule has 2 atom stereocenters. The van der Waals surface area contributed by atoms with Crippen molar-refractivity contribution < 1.29 is 41.5 Å². The molecule has 0 fully saturated rings. The first-order valence-electron chi connectivity index (χ1n) is 16.2. The van der Waals surface area contributed by atoms with Crippen molar-refractivity contribution in [3.63, 3.8) is 0 Å². The summed E-state index contributed by atoms with van der Waals surface area (Å²) in [6.45, 7) is 10.2. The van der Waals surface area contributed by atoms with Crippen molar-refractivity contribution in [3.05, 3.63) is 99.5 Å². The molecule has 0 aliphatic heterocycles. The Morgan fingerprint density at radius 2 is 1.54 bits per heavy atom. The van der Waals surface area contributed by atoms with Crippen LogP contribution in [-0.4, -0.2) is 50.6 Å². The van der Waals surface area contributed by atoms with Crippen molar-refractivity contribution in [1.29, 1.82) is 0 Å². The highest BCUT2D eigenvalue weighted by atomic mass is 28.3. The number of aromatic nitrogens is 1. The molecule has 14 heteroatoms. The minimum atomic E-state index is -4.74. The molecule has 0 saturated carbocycles. The van der Waals surface area contributed by atoms with Gasteiger partial charge in [-0.05, 0) is 59.8 Å². The molecule has 3 aromatic rings. The molecule has 1 heterocycles. The fraction of sp³-hybridized carbons (Fsp3) is 0.444. The highest BCUT2D eigenvalue weighted by molar-refractivity contribution is 6.48. The number of anilines is 1. The van der Waals surface area contributed by atoms with Crippen LogP contribution in [0.25, 0.3) is 0 Å². The summed E-state index contributed by atoms with van der Waals surface area (Å²) >= 11 is 0. The van der Waals surface area contributed by atoms with Gasteiger partial charge in [-0.25, -0.2) is 9.59 Å². The summed E-state index contributed by atoms with van der Waals surface area (Å²) in [5, 5.41) is 5.03. The van der Waals surface area contributed by atoms with Gasteiger partial charge in [-0.3, -0.25) is 14.9 Å². The summed E-state index contributed by atoms with van der Waals surface area (Å²) in [4.78, 5) is 52.1. The summed E-state index contributed by atoms with van der Waals surface area (Å²) < 4.78 is 61.6. The van der Waals surface area contributed by atoms with Crippen molar-refractivity contribution in [2.75, 3.05) is 12.4 Å². The van der Waals surface area contributed by atoms with E-state index in [1.165, 1.54) is 40.1 Å². The number of methoxy groups -OCH3 is 1. The van der Waals surface area contributed by atoms with Crippen LogP contribution in [0.2, 0.25) is 13.1 Å². The molecule has 0 spiro atoms. The zero-order valence-electron chi connectivity index (χ0n) is 29.6. The second kappa shape index (κ2) is 16.5. The molecule has 2 N–H and O–H groups in total. The van der Waals surface area contributed by atoms with E-state index in [1.54, 1.807) is 75.5 Å². The number of nitrogens with zero attached hydrogens (tertiary/aromatic N) is 1. The Morgan fingerprint density at radius 3 is 2.06 bits per heavy atom. The van der Waals surface area contributed by atoms with Crippen LogP contribution in [0, 0.1) is 17.3 Å². The van der Waals surface area contributed by atoms with Crippen LogP contribution in [-0.2, 0) is 38.3 Å². The van der Waals surface area contributed by atoms with E-state index < -0.39 is 68.3 Å². The van der Waals surface area contributed by atoms with Gasteiger partial charge in [-0.15, -0.1) is 0 Å². The van der Waals surface area contributed by atoms with E-state index in [9.17, 15) is 32.3 Å². The van der Waals surface area contributed by atoms with E-state index in [1.807, 2.05) is 6.07 Å². The fourth-order valence-electron chi connectivity index (χ4n) is 5.95. The van der Waals surface area contributed by atoms with Gasteiger partial charge in [0.15, 0.2) is 9.04 Å². The molecular formula is C36H46F3N3O7Si. The van der Waals surface area contributed by atoms with E-state index in [4.69, 9.17) is 13.9 Å². The smallest absolute Gasteiger partial charge is 0.412 e. The molecule has 2 amide bonds. The maximum atomic E-state index is 14.8. The van der Waals surface area contributed by atoms with Crippen LogP contribution in [0.15, 0.2) is 71.7 Å². The molecule has 0 aliphatic rings. The molecule has 0 saturated heterocycles. The molecule has 3 rings (SSSR count). The van der Waals surface area contributed by atoms with Gasteiger partial charge in [0.25, 0.3) is 5.56 Å². The maximum Gasteiger partial charge on any atom is 0.412 e. The van der Waals surface area contributed by atoms with E-state index in [0.717, 1.165) is 10.1 Å². The quantitative estimate of drug-likeness (QED) is 0.115. The minimum Gasteiger partial charge on any atom is -0.465 e. The number of nitrogens with one attached hydrogen (secondary N) is 2. The zero-order valence-corrected chi connectivity index (χ0v) is 30.8. The minimum absolute atomic E-state index is 0.0693. The average Bonchev–Trinajstić information content (AvgIpc) is 3.00. The summed E-state index contributed by atoms with van der Waals surface area (Å²) in [6.07, 6.45) is -4.06. The average molecular weight is 718 g/mol. The number of hydrogen-bond acceptors (Lipinski definition) is 7. The molecule has 2 unspecified atom stereocenters. The Kier molecular flexibility index (Phi) is 13.2. The van der Waals surface area contributed by atoms with E-state index >= 15 is 0 Å². The summed E-state index contributed by atoms with van der Waals surface area (Å²) in [5.41, 5.74) is -2.23. The third kappa shape index (κ3) is 10.5. The number of ether oxygens (including phenoxy) is 2. The monoisotopic (exact) mass is 717 g/mol. The Bertz CT molecular complexity index is 1670. The van der Waals surface area contributed by atoms with Crippen molar-refractivity contribution >= 4 is 32.7 Å². The van der Waals surface area contributed by atoms with Crippen LogP contribution in [0.1, 0.15) is 61.7 Å². The third-order valence-corrected chi connectivity index (χ3v) is 8.80. The van der Waals surface area contributed by atoms with Crippen LogP contribution < -0.4 is 16.2 Å². The van der Waals surface area contributed by atoms with Crippen molar-refractivity contribution in [1.82, 2.24) is 9.88 Å². The molecule has 2 aromatic carbocycles. The highest BCUT2D eigenvalue weighted by Crippen LogP contribution is 2.49. The van der Waals surface area contributed by atoms with Crippen LogP contribution in [0.5, 0.6) is 0 Å². The number of halogens is 3. The largest absolute Gasteiger partial charge is 0.465 e. The summed E-state index contributed by atoms with van der Waals surface area (Å²) in [7, 11) is -0.926. The SMILES string of the molecule is COC(=O)c1ccc(Cc2cc(NC(=O)OCc3ccccc3)c(=O)n(CC(=O)NC(O[SiH](C)C)(C(C)C)C(C(C)(C)C)C(F)(F)F)c2)cc1. The number of alkyl halides is 3. The second-order valence-electron chi connectivity index (χ2n) is 13.8. The van der Waals surface area contributed by atoms with Gasteiger partial charge in [0.05, 0.1) is 12.7 Å². The number of pyridine rings is 1. The first-order chi connectivity index (χ1) is 23.3. The normalized spacial score (nSPS) is 13.8. The lowest BCUT2D eigenvalue weighted by Crippen LogP contribution is -2.67. The Hall–Kier alpha value is -4.43. The van der Waals surface area contributed by atoms with E-state index in [2.05, 4.69) is 10.6 Å². The van der Waals surface area contributed by atoms with Crippen molar-refractivity contribution in [3.8, 4) is 0 Å². The third-order valence-electron chi connectivity index (χ3n) is 7.93. The van der Waals surface area contributed by atoms with Crippen molar-refractivity contribution in [2.24, 2.45) is 17.3 Å². The van der Waals surface area contributed by atoms with E-state index in [0.29, 0.717) is 16.7 Å². The van der Waals surface area contributed by atoms with Gasteiger partial charge in [-0.2, -0.15) is 13.2 Å². The number of carbonyl (C=O) groups is 3. The summed E-state index contributed by atoms with van der Waals surface area (Å²) in [6, 6.07) is 16.8. The molecular weight excluding hydrogens is 671 g/mol. The van der Waals surface area contributed by atoms with Gasteiger partial charge in [-0.1, -0.05) is 77.1 Å². The molecule has 0 aliphatic carbocycles. The Labute approximate surface area is 292 Å². The van der Waals surface area contributed by atoms with Crippen molar-refractivity contribution in [2.45, 2.75) is 79.2 Å². The molecule has 1 aromatic heterocycles. The molecule has 0 radical (unpaired) electrons. The first kappa shape index (κ1) is 40.0. The maximum absolute atomic E-state index is 14.8. The lowest BCUT2D eigenvalue weighted by molar-refractivity contribution is -0.265. The Morgan fingerprint density at radius 1 is 0.920 bits per heavy atom. The lowest BCUT2D eigenvalue weighted by atomic mass is 9.70. The predicted octanol–water partition coefficient (Wildman–Crippen LogP) is 6.67. The predicted molar refractivity (Wildman–Crippen MR) is 186 cm³/mol. The number of amides is 2. The highest BCUT2D eigenvalue weighted by Gasteiger charge is 2.61. The molecule has 272 valence electrons. The van der Waals surface area contributed by atoms with Crippen LogP contribution >= 0.6 is 0 Å². The number of benzene rings is 2. The van der Waals surface area contributed by atoms with Gasteiger partial charge < -0.3 is 23.8 Å². The zero-order chi connectivity index (χ0) is 37.4.